The third-order valence-electron chi connectivity index (χ3n) is 4.57. The van der Waals surface area contributed by atoms with E-state index in [-0.39, 0.29) is 12.1 Å². The number of piperidine rings is 1. The zero-order valence-corrected chi connectivity index (χ0v) is 14.2. The Bertz CT molecular complexity index is 690. The first-order valence-corrected chi connectivity index (χ1v) is 9.95. The molecule has 0 aliphatic carbocycles. The molecule has 1 saturated heterocycles. The summed E-state index contributed by atoms with van der Waals surface area (Å²) >= 11 is 0. The molecule has 1 unspecified atom stereocenters. The van der Waals surface area contributed by atoms with Gasteiger partial charge in [-0.2, -0.15) is 0 Å². The Hall–Kier alpha value is -1.60. The third-order valence-corrected chi connectivity index (χ3v) is 5.26. The van der Waals surface area contributed by atoms with Crippen LogP contribution in [-0.2, 0) is 16.4 Å². The molecule has 1 atom stereocenters. The SMILES string of the molecule is CS(=O)(=O)NCC1CCCCN1C(=O)N1CCc2ccccc21. The summed E-state index contributed by atoms with van der Waals surface area (Å²) in [7, 11) is -3.24. The predicted octanol–water partition coefficient (Wildman–Crippen LogP) is 1.57. The lowest BCUT2D eigenvalue weighted by atomic mass is 10.0. The van der Waals surface area contributed by atoms with Gasteiger partial charge in [0.2, 0.25) is 10.0 Å². The molecule has 0 aromatic heterocycles. The molecule has 6 nitrogen and oxygen atoms in total. The molecule has 1 N–H and O–H groups in total. The number of carbonyl (C=O) groups excluding carboxylic acids is 1. The largest absolute Gasteiger partial charge is 0.324 e. The zero-order chi connectivity index (χ0) is 16.4. The summed E-state index contributed by atoms with van der Waals surface area (Å²) in [6, 6.07) is 7.90. The van der Waals surface area contributed by atoms with E-state index in [1.54, 1.807) is 0 Å². The number of likely N-dealkylation sites (tertiary alicyclic amines) is 1. The molecule has 3 rings (SSSR count). The Morgan fingerprint density at radius 2 is 2.04 bits per heavy atom. The minimum absolute atomic E-state index is 0.00467. The molecule has 0 radical (unpaired) electrons. The van der Waals surface area contributed by atoms with Gasteiger partial charge in [-0.3, -0.25) is 4.90 Å². The van der Waals surface area contributed by atoms with E-state index in [2.05, 4.69) is 10.8 Å². The van der Waals surface area contributed by atoms with Crippen molar-refractivity contribution < 1.29 is 13.2 Å². The van der Waals surface area contributed by atoms with Crippen molar-refractivity contribution in [2.75, 3.05) is 30.8 Å². The number of para-hydroxylation sites is 1. The number of rotatable bonds is 3. The van der Waals surface area contributed by atoms with Crippen LogP contribution in [0.3, 0.4) is 0 Å². The van der Waals surface area contributed by atoms with Crippen LogP contribution in [0.15, 0.2) is 24.3 Å². The summed E-state index contributed by atoms with van der Waals surface area (Å²) in [6.07, 6.45) is 4.86. The highest BCUT2D eigenvalue weighted by Gasteiger charge is 2.33. The number of nitrogens with one attached hydrogen (secondary N) is 1. The number of sulfonamides is 1. The maximum absolute atomic E-state index is 13.0. The van der Waals surface area contributed by atoms with Crippen molar-refractivity contribution >= 4 is 21.7 Å². The number of fused-ring (bicyclic) bond motifs is 1. The molecule has 0 saturated carbocycles. The average Bonchev–Trinajstić information content (AvgIpc) is 2.96. The molecule has 1 aromatic carbocycles. The van der Waals surface area contributed by atoms with E-state index >= 15 is 0 Å². The van der Waals surface area contributed by atoms with Crippen molar-refractivity contribution in [3.8, 4) is 0 Å². The molecule has 2 aliphatic heterocycles. The first-order valence-electron chi connectivity index (χ1n) is 8.06. The van der Waals surface area contributed by atoms with Crippen LogP contribution in [0, 0.1) is 0 Å². The van der Waals surface area contributed by atoms with Gasteiger partial charge in [0.05, 0.1) is 6.26 Å². The van der Waals surface area contributed by atoms with Crippen molar-refractivity contribution in [3.05, 3.63) is 29.8 Å². The van der Waals surface area contributed by atoms with E-state index in [1.807, 2.05) is 28.0 Å². The Morgan fingerprint density at radius 1 is 1.26 bits per heavy atom. The third kappa shape index (κ3) is 3.67. The molecule has 2 heterocycles. The fraction of sp³-hybridized carbons (Fsp3) is 0.562. The van der Waals surface area contributed by atoms with Crippen LogP contribution in [0.25, 0.3) is 0 Å². The number of anilines is 1. The maximum atomic E-state index is 13.0. The fourth-order valence-corrected chi connectivity index (χ4v) is 3.90. The van der Waals surface area contributed by atoms with Crippen LogP contribution in [-0.4, -0.2) is 51.3 Å². The van der Waals surface area contributed by atoms with E-state index in [1.165, 1.54) is 5.56 Å². The number of nitrogens with zero attached hydrogens (tertiary/aromatic N) is 2. The summed E-state index contributed by atoms with van der Waals surface area (Å²) in [5, 5.41) is 0. The van der Waals surface area contributed by atoms with Crippen LogP contribution in [0.5, 0.6) is 0 Å². The summed E-state index contributed by atoms with van der Waals surface area (Å²) in [5.74, 6) is 0. The quantitative estimate of drug-likeness (QED) is 0.910. The normalized spacial score (nSPS) is 21.3. The number of carbonyl (C=O) groups is 1. The lowest BCUT2D eigenvalue weighted by Crippen LogP contribution is -2.53. The van der Waals surface area contributed by atoms with Crippen LogP contribution >= 0.6 is 0 Å². The average molecular weight is 337 g/mol. The van der Waals surface area contributed by atoms with E-state index in [4.69, 9.17) is 0 Å². The van der Waals surface area contributed by atoms with Crippen molar-refractivity contribution in [2.45, 2.75) is 31.7 Å². The smallest absolute Gasteiger partial charge is 0.320 e. The molecule has 2 aliphatic rings. The van der Waals surface area contributed by atoms with Gasteiger partial charge >= 0.3 is 6.03 Å². The van der Waals surface area contributed by atoms with Gasteiger partial charge in [-0.1, -0.05) is 18.2 Å². The first-order chi connectivity index (χ1) is 11.0. The first kappa shape index (κ1) is 16.3. The van der Waals surface area contributed by atoms with Crippen LogP contribution < -0.4 is 9.62 Å². The summed E-state index contributed by atoms with van der Waals surface area (Å²) in [4.78, 5) is 16.6. The molecule has 1 fully saturated rings. The van der Waals surface area contributed by atoms with Crippen molar-refractivity contribution in [1.29, 1.82) is 0 Å². The minimum Gasteiger partial charge on any atom is -0.320 e. The molecule has 0 bridgehead atoms. The zero-order valence-electron chi connectivity index (χ0n) is 13.4. The van der Waals surface area contributed by atoms with Gasteiger partial charge < -0.3 is 4.90 Å². The number of benzene rings is 1. The highest BCUT2D eigenvalue weighted by molar-refractivity contribution is 7.88. The molecule has 2 amide bonds. The van der Waals surface area contributed by atoms with E-state index in [9.17, 15) is 13.2 Å². The molecule has 7 heteroatoms. The van der Waals surface area contributed by atoms with Crippen LogP contribution in [0.1, 0.15) is 24.8 Å². The lowest BCUT2D eigenvalue weighted by Gasteiger charge is -2.38. The molecule has 126 valence electrons. The van der Waals surface area contributed by atoms with Crippen LogP contribution in [0.4, 0.5) is 10.5 Å². The second-order valence-electron chi connectivity index (χ2n) is 6.28. The number of urea groups is 1. The molecule has 0 spiro atoms. The van der Waals surface area contributed by atoms with Gasteiger partial charge in [0.25, 0.3) is 0 Å². The van der Waals surface area contributed by atoms with Crippen molar-refractivity contribution in [2.24, 2.45) is 0 Å². The Kier molecular flexibility index (Phi) is 4.59. The van der Waals surface area contributed by atoms with E-state index < -0.39 is 10.0 Å². The molecular formula is C16H23N3O3S. The van der Waals surface area contributed by atoms with E-state index in [0.717, 1.165) is 37.6 Å². The second-order valence-corrected chi connectivity index (χ2v) is 8.11. The van der Waals surface area contributed by atoms with Crippen LogP contribution in [0.2, 0.25) is 0 Å². The van der Waals surface area contributed by atoms with E-state index in [0.29, 0.717) is 19.6 Å². The van der Waals surface area contributed by atoms with Gasteiger partial charge in [0, 0.05) is 31.4 Å². The highest BCUT2D eigenvalue weighted by Crippen LogP contribution is 2.30. The number of hydrogen-bond donors (Lipinski definition) is 1. The van der Waals surface area contributed by atoms with Gasteiger partial charge in [0.15, 0.2) is 0 Å². The van der Waals surface area contributed by atoms with Gasteiger partial charge in [-0.15, -0.1) is 0 Å². The molecular weight excluding hydrogens is 314 g/mol. The maximum Gasteiger partial charge on any atom is 0.324 e. The lowest BCUT2D eigenvalue weighted by molar-refractivity contribution is 0.158. The van der Waals surface area contributed by atoms with Crippen molar-refractivity contribution in [1.82, 2.24) is 9.62 Å². The standard InChI is InChI=1S/C16H23N3O3S/c1-23(21,22)17-12-14-7-4-5-10-18(14)16(20)19-11-9-13-6-2-3-8-15(13)19/h2-3,6,8,14,17H,4-5,7,9-12H2,1H3. The second kappa shape index (κ2) is 6.49. The predicted molar refractivity (Wildman–Crippen MR) is 90.1 cm³/mol. The fourth-order valence-electron chi connectivity index (χ4n) is 3.40. The van der Waals surface area contributed by atoms with Gasteiger partial charge in [-0.25, -0.2) is 17.9 Å². The Morgan fingerprint density at radius 3 is 2.83 bits per heavy atom. The summed E-state index contributed by atoms with van der Waals surface area (Å²) in [6.45, 7) is 1.68. The summed E-state index contributed by atoms with van der Waals surface area (Å²) < 4.78 is 25.2. The van der Waals surface area contributed by atoms with Gasteiger partial charge in [0.1, 0.15) is 0 Å². The topological polar surface area (TPSA) is 69.7 Å². The Labute approximate surface area is 137 Å². The summed E-state index contributed by atoms with van der Waals surface area (Å²) in [5.41, 5.74) is 2.18. The van der Waals surface area contributed by atoms with Crippen molar-refractivity contribution in [3.63, 3.8) is 0 Å². The minimum atomic E-state index is -3.24. The Balaban J connectivity index is 1.74. The molecule has 1 aromatic rings. The number of hydrogen-bond acceptors (Lipinski definition) is 3. The highest BCUT2D eigenvalue weighted by atomic mass is 32.2. The van der Waals surface area contributed by atoms with Gasteiger partial charge in [-0.05, 0) is 37.3 Å². The monoisotopic (exact) mass is 337 g/mol. The molecule has 23 heavy (non-hydrogen) atoms. The number of amides is 2.